The van der Waals surface area contributed by atoms with E-state index >= 15 is 0 Å². The van der Waals surface area contributed by atoms with Gasteiger partial charge in [-0.2, -0.15) is 0 Å². The van der Waals surface area contributed by atoms with Crippen molar-refractivity contribution in [3.8, 4) is 5.88 Å². The number of aliphatic hydroxyl groups excluding tert-OH is 1. The zero-order valence-corrected chi connectivity index (χ0v) is 9.51. The highest BCUT2D eigenvalue weighted by Crippen LogP contribution is 2.15. The molecule has 0 atom stereocenters. The maximum Gasteiger partial charge on any atom is 0.259 e. The molecule has 1 rings (SSSR count). The van der Waals surface area contributed by atoms with Crippen LogP contribution in [-0.2, 0) is 0 Å². The van der Waals surface area contributed by atoms with Crippen LogP contribution >= 0.6 is 0 Å². The van der Waals surface area contributed by atoms with Gasteiger partial charge in [-0.15, -0.1) is 0 Å². The summed E-state index contributed by atoms with van der Waals surface area (Å²) in [5.41, 5.74) is 0.417. The molecule has 0 saturated heterocycles. The van der Waals surface area contributed by atoms with Crippen LogP contribution in [0.15, 0.2) is 18.3 Å². The molecule has 0 bridgehead atoms. The second kappa shape index (κ2) is 6.07. The lowest BCUT2D eigenvalue weighted by Crippen LogP contribution is -2.30. The highest BCUT2D eigenvalue weighted by Gasteiger charge is 2.16. The number of aromatic nitrogens is 1. The normalized spacial score (nSPS) is 9.94. The number of rotatable bonds is 5. The predicted molar refractivity (Wildman–Crippen MR) is 59.5 cm³/mol. The van der Waals surface area contributed by atoms with Crippen LogP contribution < -0.4 is 4.74 Å². The first-order valence-electron chi connectivity index (χ1n) is 5.14. The molecule has 0 aromatic carbocycles. The minimum atomic E-state index is -0.203. The summed E-state index contributed by atoms with van der Waals surface area (Å²) >= 11 is 0. The number of ether oxygens (including phenoxy) is 1. The molecule has 1 aromatic rings. The van der Waals surface area contributed by atoms with Gasteiger partial charge in [0.2, 0.25) is 5.88 Å². The number of amides is 1. The van der Waals surface area contributed by atoms with E-state index in [9.17, 15) is 4.79 Å². The van der Waals surface area contributed by atoms with E-state index in [0.717, 1.165) is 0 Å². The molecule has 0 aliphatic rings. The standard InChI is InChI=1S/C11H16N2O3/c1-3-16-10-9(5-4-6-12-10)11(15)13(2)7-8-14/h4-6,14H,3,7-8H2,1-2H3. The largest absolute Gasteiger partial charge is 0.477 e. The van der Waals surface area contributed by atoms with E-state index in [-0.39, 0.29) is 12.5 Å². The van der Waals surface area contributed by atoms with Crippen molar-refractivity contribution in [2.45, 2.75) is 6.92 Å². The van der Waals surface area contributed by atoms with Gasteiger partial charge in [-0.1, -0.05) is 0 Å². The molecule has 1 heterocycles. The van der Waals surface area contributed by atoms with Gasteiger partial charge in [0, 0.05) is 19.8 Å². The summed E-state index contributed by atoms with van der Waals surface area (Å²) in [5.74, 6) is 0.130. The number of carbonyl (C=O) groups is 1. The van der Waals surface area contributed by atoms with Gasteiger partial charge in [-0.25, -0.2) is 4.98 Å². The highest BCUT2D eigenvalue weighted by atomic mass is 16.5. The monoisotopic (exact) mass is 224 g/mol. The molecule has 0 spiro atoms. The van der Waals surface area contributed by atoms with E-state index in [1.165, 1.54) is 4.90 Å². The fraction of sp³-hybridized carbons (Fsp3) is 0.455. The molecule has 0 fully saturated rings. The van der Waals surface area contributed by atoms with Crippen LogP contribution in [0.1, 0.15) is 17.3 Å². The lowest BCUT2D eigenvalue weighted by atomic mass is 10.2. The third kappa shape index (κ3) is 2.93. The van der Waals surface area contributed by atoms with Gasteiger partial charge in [0.25, 0.3) is 5.91 Å². The summed E-state index contributed by atoms with van der Waals surface area (Å²) < 4.78 is 5.27. The fourth-order valence-electron chi connectivity index (χ4n) is 1.26. The first kappa shape index (κ1) is 12.4. The predicted octanol–water partition coefficient (Wildman–Crippen LogP) is 0.545. The number of likely N-dealkylation sites (N-methyl/N-ethyl adjacent to an activating group) is 1. The van der Waals surface area contributed by atoms with Crippen LogP contribution in [-0.4, -0.2) is 47.7 Å². The minimum Gasteiger partial charge on any atom is -0.477 e. The Kier molecular flexibility index (Phi) is 4.72. The third-order valence-corrected chi connectivity index (χ3v) is 2.06. The highest BCUT2D eigenvalue weighted by molar-refractivity contribution is 5.96. The van der Waals surface area contributed by atoms with Crippen molar-refractivity contribution in [1.82, 2.24) is 9.88 Å². The quantitative estimate of drug-likeness (QED) is 0.793. The summed E-state index contributed by atoms with van der Waals surface area (Å²) in [6.07, 6.45) is 1.58. The van der Waals surface area contributed by atoms with E-state index in [1.54, 1.807) is 25.4 Å². The molecular formula is C11H16N2O3. The number of nitrogens with zero attached hydrogens (tertiary/aromatic N) is 2. The van der Waals surface area contributed by atoms with E-state index in [4.69, 9.17) is 9.84 Å². The summed E-state index contributed by atoms with van der Waals surface area (Å²) in [6.45, 7) is 2.52. The molecule has 0 saturated carbocycles. The second-order valence-corrected chi connectivity index (χ2v) is 3.24. The van der Waals surface area contributed by atoms with Crippen LogP contribution in [0.4, 0.5) is 0 Å². The SMILES string of the molecule is CCOc1ncccc1C(=O)N(C)CCO. The van der Waals surface area contributed by atoms with Crippen LogP contribution in [0.25, 0.3) is 0 Å². The van der Waals surface area contributed by atoms with Crippen LogP contribution in [0.3, 0.4) is 0 Å². The zero-order chi connectivity index (χ0) is 12.0. The Morgan fingerprint density at radius 2 is 2.38 bits per heavy atom. The number of pyridine rings is 1. The Labute approximate surface area is 94.7 Å². The minimum absolute atomic E-state index is 0.0630. The Bertz CT molecular complexity index is 355. The lowest BCUT2D eigenvalue weighted by molar-refractivity contribution is 0.0762. The van der Waals surface area contributed by atoms with E-state index in [1.807, 2.05) is 6.92 Å². The van der Waals surface area contributed by atoms with Crippen molar-refractivity contribution in [1.29, 1.82) is 0 Å². The molecule has 5 nitrogen and oxygen atoms in total. The Balaban J connectivity index is 2.89. The number of hydrogen-bond donors (Lipinski definition) is 1. The van der Waals surface area contributed by atoms with Gasteiger partial charge in [0.1, 0.15) is 5.56 Å². The first-order chi connectivity index (χ1) is 7.70. The third-order valence-electron chi connectivity index (χ3n) is 2.06. The summed E-state index contributed by atoms with van der Waals surface area (Å²) in [4.78, 5) is 17.4. The first-order valence-corrected chi connectivity index (χ1v) is 5.14. The van der Waals surface area contributed by atoms with Gasteiger partial charge in [-0.05, 0) is 19.1 Å². The average Bonchev–Trinajstić information content (AvgIpc) is 2.29. The van der Waals surface area contributed by atoms with Gasteiger partial charge >= 0.3 is 0 Å². The second-order valence-electron chi connectivity index (χ2n) is 3.24. The molecule has 16 heavy (non-hydrogen) atoms. The summed E-state index contributed by atoms with van der Waals surface area (Å²) in [6, 6.07) is 3.34. The molecule has 0 unspecified atom stereocenters. The van der Waals surface area contributed by atoms with Crippen molar-refractivity contribution in [2.24, 2.45) is 0 Å². The molecule has 1 aromatic heterocycles. The van der Waals surface area contributed by atoms with Gasteiger partial charge in [0.05, 0.1) is 13.2 Å². The molecule has 1 amide bonds. The van der Waals surface area contributed by atoms with Crippen LogP contribution in [0, 0.1) is 0 Å². The van der Waals surface area contributed by atoms with E-state index in [0.29, 0.717) is 24.6 Å². The topological polar surface area (TPSA) is 62.7 Å². The molecule has 1 N–H and O–H groups in total. The molecule has 0 aliphatic carbocycles. The lowest BCUT2D eigenvalue weighted by Gasteiger charge is -2.16. The number of hydrogen-bond acceptors (Lipinski definition) is 4. The van der Waals surface area contributed by atoms with Crippen LogP contribution in [0.2, 0.25) is 0 Å². The van der Waals surface area contributed by atoms with E-state index in [2.05, 4.69) is 4.98 Å². The van der Waals surface area contributed by atoms with Crippen molar-refractivity contribution in [3.63, 3.8) is 0 Å². The molecule has 0 radical (unpaired) electrons. The summed E-state index contributed by atoms with van der Waals surface area (Å²) in [5, 5.41) is 8.76. The van der Waals surface area contributed by atoms with Crippen LogP contribution in [0.5, 0.6) is 5.88 Å². The molecule has 0 aliphatic heterocycles. The summed E-state index contributed by atoms with van der Waals surface area (Å²) in [7, 11) is 1.63. The molecule has 5 heteroatoms. The van der Waals surface area contributed by atoms with Crippen molar-refractivity contribution in [2.75, 3.05) is 26.8 Å². The molecular weight excluding hydrogens is 208 g/mol. The van der Waals surface area contributed by atoms with E-state index < -0.39 is 0 Å². The Hall–Kier alpha value is -1.62. The van der Waals surface area contributed by atoms with Crippen molar-refractivity contribution >= 4 is 5.91 Å². The average molecular weight is 224 g/mol. The van der Waals surface area contributed by atoms with Crippen molar-refractivity contribution < 1.29 is 14.6 Å². The fourth-order valence-corrected chi connectivity index (χ4v) is 1.26. The van der Waals surface area contributed by atoms with Gasteiger partial charge < -0.3 is 14.7 Å². The maximum atomic E-state index is 11.9. The maximum absolute atomic E-state index is 11.9. The van der Waals surface area contributed by atoms with Gasteiger partial charge in [0.15, 0.2) is 0 Å². The zero-order valence-electron chi connectivity index (χ0n) is 9.51. The number of carbonyl (C=O) groups excluding carboxylic acids is 1. The smallest absolute Gasteiger partial charge is 0.259 e. The Morgan fingerprint density at radius 1 is 1.62 bits per heavy atom. The number of aliphatic hydroxyl groups is 1. The molecule has 88 valence electrons. The van der Waals surface area contributed by atoms with Gasteiger partial charge in [-0.3, -0.25) is 4.79 Å². The Morgan fingerprint density at radius 3 is 3.00 bits per heavy atom. The van der Waals surface area contributed by atoms with Crippen molar-refractivity contribution in [3.05, 3.63) is 23.9 Å².